The molecule has 98 valence electrons. The summed E-state index contributed by atoms with van der Waals surface area (Å²) in [6.45, 7) is 0.953. The second-order valence-corrected chi connectivity index (χ2v) is 6.10. The topological polar surface area (TPSA) is 21.3 Å². The molecule has 0 unspecified atom stereocenters. The van der Waals surface area contributed by atoms with E-state index in [2.05, 4.69) is 40.0 Å². The molecule has 0 radical (unpaired) electrons. The van der Waals surface area contributed by atoms with E-state index in [1.165, 1.54) is 22.0 Å². The minimum absolute atomic E-state index is 0.753. The number of benzene rings is 2. The van der Waals surface area contributed by atoms with E-state index in [0.717, 1.165) is 24.1 Å². The number of rotatable bonds is 5. The number of ether oxygens (including phenoxy) is 1. The molecular formula is C16H16INO. The molecule has 0 heterocycles. The molecule has 3 rings (SSSR count). The molecule has 2 nitrogen and oxygen atoms in total. The molecule has 3 heteroatoms. The van der Waals surface area contributed by atoms with Crippen LogP contribution in [0.3, 0.4) is 0 Å². The molecule has 0 spiro atoms. The standard InChI is InChI=1S/C16H16INO/c17-13-3-9-16(10-4-13)19-15-7-1-12(2-8-15)11-18-14-5-6-14/h1-4,7-10,14,18H,5-6,11H2. The predicted molar refractivity (Wildman–Crippen MR) is 85.5 cm³/mol. The van der Waals surface area contributed by atoms with E-state index in [4.69, 9.17) is 4.74 Å². The lowest BCUT2D eigenvalue weighted by Crippen LogP contribution is -2.14. The molecule has 1 saturated carbocycles. The summed E-state index contributed by atoms with van der Waals surface area (Å²) >= 11 is 2.29. The minimum atomic E-state index is 0.753. The van der Waals surface area contributed by atoms with E-state index < -0.39 is 0 Å². The molecule has 0 aliphatic heterocycles. The van der Waals surface area contributed by atoms with Gasteiger partial charge in [-0.15, -0.1) is 0 Å². The third-order valence-electron chi connectivity index (χ3n) is 3.14. The third-order valence-corrected chi connectivity index (χ3v) is 3.86. The van der Waals surface area contributed by atoms with E-state index in [1.54, 1.807) is 0 Å². The predicted octanol–water partition coefficient (Wildman–Crippen LogP) is 4.34. The second-order valence-electron chi connectivity index (χ2n) is 4.86. The van der Waals surface area contributed by atoms with Gasteiger partial charge in [-0.3, -0.25) is 0 Å². The molecule has 19 heavy (non-hydrogen) atoms. The minimum Gasteiger partial charge on any atom is -0.457 e. The summed E-state index contributed by atoms with van der Waals surface area (Å²) in [5.74, 6) is 1.76. The van der Waals surface area contributed by atoms with Gasteiger partial charge < -0.3 is 10.1 Å². The Morgan fingerprint density at radius 2 is 1.53 bits per heavy atom. The quantitative estimate of drug-likeness (QED) is 0.797. The van der Waals surface area contributed by atoms with Gasteiger partial charge in [0.2, 0.25) is 0 Å². The third kappa shape index (κ3) is 3.94. The molecule has 1 N–H and O–H groups in total. The highest BCUT2D eigenvalue weighted by Gasteiger charge is 2.19. The number of hydrogen-bond donors (Lipinski definition) is 1. The molecule has 1 fully saturated rings. The zero-order valence-corrected chi connectivity index (χ0v) is 12.8. The first kappa shape index (κ1) is 12.9. The van der Waals surface area contributed by atoms with Crippen LogP contribution in [-0.4, -0.2) is 6.04 Å². The Labute approximate surface area is 127 Å². The maximum atomic E-state index is 5.80. The molecule has 0 saturated heterocycles. The van der Waals surface area contributed by atoms with Crippen LogP contribution in [0.1, 0.15) is 18.4 Å². The fraction of sp³-hybridized carbons (Fsp3) is 0.250. The number of halogens is 1. The molecule has 0 aromatic heterocycles. The van der Waals surface area contributed by atoms with Crippen molar-refractivity contribution in [1.29, 1.82) is 0 Å². The highest BCUT2D eigenvalue weighted by atomic mass is 127. The summed E-state index contributed by atoms with van der Waals surface area (Å²) in [7, 11) is 0. The van der Waals surface area contributed by atoms with Gasteiger partial charge in [0, 0.05) is 16.2 Å². The number of hydrogen-bond acceptors (Lipinski definition) is 2. The Morgan fingerprint density at radius 3 is 2.11 bits per heavy atom. The fourth-order valence-corrected chi connectivity index (χ4v) is 2.22. The highest BCUT2D eigenvalue weighted by Crippen LogP contribution is 2.23. The maximum absolute atomic E-state index is 5.80. The fourth-order valence-electron chi connectivity index (χ4n) is 1.86. The summed E-state index contributed by atoms with van der Waals surface area (Å²) in [6, 6.07) is 17.1. The van der Waals surface area contributed by atoms with Crippen LogP contribution in [0.25, 0.3) is 0 Å². The van der Waals surface area contributed by atoms with Crippen molar-refractivity contribution in [3.8, 4) is 11.5 Å². The van der Waals surface area contributed by atoms with Gasteiger partial charge in [-0.2, -0.15) is 0 Å². The van der Waals surface area contributed by atoms with Crippen LogP contribution < -0.4 is 10.1 Å². The first-order valence-corrected chi connectivity index (χ1v) is 7.63. The zero-order chi connectivity index (χ0) is 13.1. The Morgan fingerprint density at radius 1 is 0.947 bits per heavy atom. The highest BCUT2D eigenvalue weighted by molar-refractivity contribution is 14.1. The smallest absolute Gasteiger partial charge is 0.127 e. The van der Waals surface area contributed by atoms with Crippen molar-refractivity contribution in [2.45, 2.75) is 25.4 Å². The van der Waals surface area contributed by atoms with Crippen molar-refractivity contribution in [2.75, 3.05) is 0 Å². The van der Waals surface area contributed by atoms with Gasteiger partial charge in [-0.25, -0.2) is 0 Å². The molecule has 0 bridgehead atoms. The van der Waals surface area contributed by atoms with Crippen LogP contribution >= 0.6 is 22.6 Å². The van der Waals surface area contributed by atoms with Crippen LogP contribution in [0, 0.1) is 3.57 Å². The molecule has 0 atom stereocenters. The largest absolute Gasteiger partial charge is 0.457 e. The maximum Gasteiger partial charge on any atom is 0.127 e. The molecule has 2 aromatic carbocycles. The van der Waals surface area contributed by atoms with Crippen molar-refractivity contribution in [3.63, 3.8) is 0 Å². The monoisotopic (exact) mass is 365 g/mol. The van der Waals surface area contributed by atoms with Gasteiger partial charge in [0.25, 0.3) is 0 Å². The Balaban J connectivity index is 1.59. The number of nitrogens with one attached hydrogen (secondary N) is 1. The summed E-state index contributed by atoms with van der Waals surface area (Å²) < 4.78 is 7.02. The van der Waals surface area contributed by atoms with Crippen molar-refractivity contribution in [3.05, 3.63) is 57.7 Å². The Bertz CT molecular complexity index is 532. The molecule has 1 aliphatic carbocycles. The lowest BCUT2D eigenvalue weighted by atomic mass is 10.2. The molecule has 0 amide bonds. The normalized spacial score (nSPS) is 14.4. The van der Waals surface area contributed by atoms with Crippen LogP contribution in [-0.2, 0) is 6.54 Å². The van der Waals surface area contributed by atoms with Gasteiger partial charge in [0.05, 0.1) is 0 Å². The SMILES string of the molecule is Ic1ccc(Oc2ccc(CNC3CC3)cc2)cc1. The van der Waals surface area contributed by atoms with Gasteiger partial charge in [-0.05, 0) is 77.4 Å². The van der Waals surface area contributed by atoms with Gasteiger partial charge in [0.1, 0.15) is 11.5 Å². The first-order chi connectivity index (χ1) is 9.29. The van der Waals surface area contributed by atoms with Crippen LogP contribution in [0.4, 0.5) is 0 Å². The van der Waals surface area contributed by atoms with E-state index in [-0.39, 0.29) is 0 Å². The molecule has 2 aromatic rings. The van der Waals surface area contributed by atoms with Gasteiger partial charge in [0.15, 0.2) is 0 Å². The average Bonchev–Trinajstić information content (AvgIpc) is 3.25. The van der Waals surface area contributed by atoms with E-state index in [9.17, 15) is 0 Å². The average molecular weight is 365 g/mol. The van der Waals surface area contributed by atoms with E-state index in [0.29, 0.717) is 0 Å². The van der Waals surface area contributed by atoms with E-state index >= 15 is 0 Å². The van der Waals surface area contributed by atoms with Gasteiger partial charge >= 0.3 is 0 Å². The van der Waals surface area contributed by atoms with Gasteiger partial charge in [-0.1, -0.05) is 12.1 Å². The van der Waals surface area contributed by atoms with Crippen LogP contribution in [0.15, 0.2) is 48.5 Å². The summed E-state index contributed by atoms with van der Waals surface area (Å²) in [6.07, 6.45) is 2.65. The van der Waals surface area contributed by atoms with Crippen molar-refractivity contribution >= 4 is 22.6 Å². The summed E-state index contributed by atoms with van der Waals surface area (Å²) in [5.41, 5.74) is 1.31. The van der Waals surface area contributed by atoms with Crippen molar-refractivity contribution in [1.82, 2.24) is 5.32 Å². The Kier molecular flexibility index (Phi) is 4.03. The second kappa shape index (κ2) is 5.92. The first-order valence-electron chi connectivity index (χ1n) is 6.55. The molecule has 1 aliphatic rings. The van der Waals surface area contributed by atoms with Crippen molar-refractivity contribution in [2.24, 2.45) is 0 Å². The van der Waals surface area contributed by atoms with Crippen LogP contribution in [0.2, 0.25) is 0 Å². The summed E-state index contributed by atoms with van der Waals surface area (Å²) in [5, 5.41) is 3.51. The lowest BCUT2D eigenvalue weighted by molar-refractivity contribution is 0.482. The lowest BCUT2D eigenvalue weighted by Gasteiger charge is -2.07. The van der Waals surface area contributed by atoms with E-state index in [1.807, 2.05) is 36.4 Å². The summed E-state index contributed by atoms with van der Waals surface area (Å²) in [4.78, 5) is 0. The van der Waals surface area contributed by atoms with Crippen LogP contribution in [0.5, 0.6) is 11.5 Å². The van der Waals surface area contributed by atoms with Crippen molar-refractivity contribution < 1.29 is 4.74 Å². The molecular weight excluding hydrogens is 349 g/mol. The Hall–Kier alpha value is -1.07. The zero-order valence-electron chi connectivity index (χ0n) is 10.6.